The first-order chi connectivity index (χ1) is 23.5. The van der Waals surface area contributed by atoms with Crippen LogP contribution in [0.25, 0.3) is 0 Å². The quantitative estimate of drug-likeness (QED) is 0.0333. The van der Waals surface area contributed by atoms with Crippen LogP contribution >= 0.6 is 7.82 Å². The Kier molecular flexibility index (Phi) is 33.0. The molecule has 0 radical (unpaired) electrons. The lowest BCUT2D eigenvalue weighted by Gasteiger charge is -2.26. The Morgan fingerprint density at radius 1 is 0.612 bits per heavy atom. The summed E-state index contributed by atoms with van der Waals surface area (Å²) in [6.45, 7) is 4.85. The zero-order valence-electron chi connectivity index (χ0n) is 33.2. The second-order valence-electron chi connectivity index (χ2n) is 15.7. The predicted molar refractivity (Wildman–Crippen MR) is 208 cm³/mol. The number of hydrogen-bond acceptors (Lipinski definition) is 5. The van der Waals surface area contributed by atoms with E-state index in [2.05, 4.69) is 19.2 Å². The molecule has 0 aromatic heterocycles. The SMILES string of the molecule is CCCCCCCCCCCCCCCCCCCCCCC(O)C(COP(=O)(O)OCC[N+](C)(C)C)NC(=O)CCCCCCCCC. The number of nitrogens with zero attached hydrogens (tertiary/aromatic N) is 1. The largest absolute Gasteiger partial charge is 0.472 e. The number of quaternary nitrogens is 1. The van der Waals surface area contributed by atoms with Crippen molar-refractivity contribution in [3.8, 4) is 0 Å². The van der Waals surface area contributed by atoms with Crippen molar-refractivity contribution in [3.63, 3.8) is 0 Å². The first-order valence-electron chi connectivity index (χ1n) is 20.9. The van der Waals surface area contributed by atoms with Crippen molar-refractivity contribution in [1.29, 1.82) is 0 Å². The fraction of sp³-hybridized carbons (Fsp3) is 0.975. The van der Waals surface area contributed by atoms with Crippen LogP contribution in [-0.2, 0) is 18.4 Å². The maximum absolute atomic E-state index is 12.7. The Bertz CT molecular complexity index is 778. The van der Waals surface area contributed by atoms with E-state index in [4.69, 9.17) is 9.05 Å². The van der Waals surface area contributed by atoms with E-state index in [9.17, 15) is 19.4 Å². The molecule has 3 unspecified atom stereocenters. The van der Waals surface area contributed by atoms with Gasteiger partial charge in [-0.1, -0.05) is 181 Å². The number of carbonyl (C=O) groups excluding carboxylic acids is 1. The number of amides is 1. The van der Waals surface area contributed by atoms with Gasteiger partial charge in [0.15, 0.2) is 0 Å². The molecule has 9 heteroatoms. The van der Waals surface area contributed by atoms with Crippen molar-refractivity contribution in [2.45, 2.75) is 212 Å². The number of hydrogen-bond donors (Lipinski definition) is 3. The highest BCUT2D eigenvalue weighted by Gasteiger charge is 2.28. The van der Waals surface area contributed by atoms with Gasteiger partial charge in [-0.15, -0.1) is 0 Å². The summed E-state index contributed by atoms with van der Waals surface area (Å²) in [5.41, 5.74) is 0. The minimum Gasteiger partial charge on any atom is -0.391 e. The molecule has 0 bridgehead atoms. The third-order valence-corrected chi connectivity index (χ3v) is 10.6. The monoisotopic (exact) mass is 720 g/mol. The molecule has 3 atom stereocenters. The molecular weight excluding hydrogens is 635 g/mol. The highest BCUT2D eigenvalue weighted by molar-refractivity contribution is 7.47. The Hall–Kier alpha value is -0.500. The van der Waals surface area contributed by atoms with Crippen molar-refractivity contribution in [3.05, 3.63) is 0 Å². The smallest absolute Gasteiger partial charge is 0.391 e. The summed E-state index contributed by atoms with van der Waals surface area (Å²) < 4.78 is 23.5. The highest BCUT2D eigenvalue weighted by atomic mass is 31.2. The zero-order chi connectivity index (χ0) is 36.5. The van der Waals surface area contributed by atoms with Crippen LogP contribution in [0.3, 0.4) is 0 Å². The molecule has 0 fully saturated rings. The van der Waals surface area contributed by atoms with Gasteiger partial charge in [0.05, 0.1) is 39.9 Å². The number of nitrogens with one attached hydrogen (secondary N) is 1. The summed E-state index contributed by atoms with van der Waals surface area (Å²) >= 11 is 0. The van der Waals surface area contributed by atoms with E-state index < -0.39 is 20.0 Å². The first kappa shape index (κ1) is 48.5. The number of phosphoric ester groups is 1. The predicted octanol–water partition coefficient (Wildman–Crippen LogP) is 11.0. The molecule has 0 saturated heterocycles. The molecule has 0 saturated carbocycles. The summed E-state index contributed by atoms with van der Waals surface area (Å²) in [6, 6.07) is -0.750. The van der Waals surface area contributed by atoms with Crippen LogP contribution in [0.4, 0.5) is 0 Å². The average Bonchev–Trinajstić information content (AvgIpc) is 3.04. The van der Waals surface area contributed by atoms with Gasteiger partial charge in [-0.05, 0) is 12.8 Å². The number of carbonyl (C=O) groups is 1. The maximum Gasteiger partial charge on any atom is 0.472 e. The number of phosphoric acid groups is 1. The van der Waals surface area contributed by atoms with Crippen LogP contribution in [0.2, 0.25) is 0 Å². The topological polar surface area (TPSA) is 105 Å². The lowest BCUT2D eigenvalue weighted by Crippen LogP contribution is -2.46. The van der Waals surface area contributed by atoms with Gasteiger partial charge in [0.1, 0.15) is 13.2 Å². The highest BCUT2D eigenvalue weighted by Crippen LogP contribution is 2.43. The van der Waals surface area contributed by atoms with E-state index >= 15 is 0 Å². The zero-order valence-corrected chi connectivity index (χ0v) is 34.1. The molecule has 8 nitrogen and oxygen atoms in total. The van der Waals surface area contributed by atoms with E-state index in [0.717, 1.165) is 38.5 Å². The minimum atomic E-state index is -4.30. The van der Waals surface area contributed by atoms with E-state index in [0.29, 0.717) is 23.9 Å². The lowest BCUT2D eigenvalue weighted by atomic mass is 10.0. The second-order valence-corrected chi connectivity index (χ2v) is 17.2. The molecule has 0 spiro atoms. The molecule has 0 heterocycles. The molecule has 0 aliphatic rings. The molecule has 1 amide bonds. The Morgan fingerprint density at radius 3 is 1.37 bits per heavy atom. The van der Waals surface area contributed by atoms with Gasteiger partial charge in [-0.25, -0.2) is 4.57 Å². The normalized spacial score (nSPS) is 14.5. The Morgan fingerprint density at radius 2 is 0.980 bits per heavy atom. The van der Waals surface area contributed by atoms with Crippen molar-refractivity contribution in [1.82, 2.24) is 5.32 Å². The molecule has 0 aromatic rings. The molecule has 0 aliphatic carbocycles. The average molecular weight is 720 g/mol. The number of aliphatic hydroxyl groups excluding tert-OH is 1. The van der Waals surface area contributed by atoms with Crippen LogP contribution in [0, 0.1) is 0 Å². The number of rotatable bonds is 38. The number of unbranched alkanes of at least 4 members (excludes halogenated alkanes) is 25. The summed E-state index contributed by atoms with van der Waals surface area (Å²) in [5, 5.41) is 13.9. The van der Waals surface area contributed by atoms with Crippen molar-refractivity contribution in [2.24, 2.45) is 0 Å². The van der Waals surface area contributed by atoms with Crippen molar-refractivity contribution in [2.75, 3.05) is 40.9 Å². The Labute approximate surface area is 304 Å². The van der Waals surface area contributed by atoms with Crippen LogP contribution in [0.5, 0.6) is 0 Å². The molecule has 0 aromatic carbocycles. The lowest BCUT2D eigenvalue weighted by molar-refractivity contribution is -0.870. The third-order valence-electron chi connectivity index (χ3n) is 9.61. The van der Waals surface area contributed by atoms with Crippen LogP contribution in [-0.4, -0.2) is 73.4 Å². The number of likely N-dealkylation sites (N-methyl/N-ethyl adjacent to an activating group) is 1. The minimum absolute atomic E-state index is 0.0779. The van der Waals surface area contributed by atoms with Gasteiger partial charge in [0.25, 0.3) is 0 Å². The summed E-state index contributed by atoms with van der Waals surface area (Å²) in [5.74, 6) is -0.150. The summed E-state index contributed by atoms with van der Waals surface area (Å²) in [7, 11) is 1.62. The Balaban J connectivity index is 4.20. The molecule has 0 rings (SSSR count). The van der Waals surface area contributed by atoms with Gasteiger partial charge in [0, 0.05) is 6.42 Å². The van der Waals surface area contributed by atoms with Crippen LogP contribution in [0.1, 0.15) is 200 Å². The number of aliphatic hydroxyl groups is 1. The first-order valence-corrected chi connectivity index (χ1v) is 22.4. The molecule has 294 valence electrons. The molecule has 0 aliphatic heterocycles. The van der Waals surface area contributed by atoms with Gasteiger partial charge < -0.3 is 19.8 Å². The van der Waals surface area contributed by atoms with Gasteiger partial charge in [-0.2, -0.15) is 0 Å². The maximum atomic E-state index is 12.7. The summed E-state index contributed by atoms with van der Waals surface area (Å²) in [6.07, 6.45) is 34.3. The fourth-order valence-corrected chi connectivity index (χ4v) is 6.96. The van der Waals surface area contributed by atoms with Gasteiger partial charge >= 0.3 is 7.82 Å². The third kappa shape index (κ3) is 35.7. The fourth-order valence-electron chi connectivity index (χ4n) is 6.22. The molecule has 49 heavy (non-hydrogen) atoms. The summed E-state index contributed by atoms with van der Waals surface area (Å²) in [4.78, 5) is 22.9. The second kappa shape index (κ2) is 33.3. The van der Waals surface area contributed by atoms with E-state index in [1.807, 2.05) is 21.1 Å². The van der Waals surface area contributed by atoms with Crippen LogP contribution < -0.4 is 5.32 Å². The van der Waals surface area contributed by atoms with Crippen molar-refractivity contribution >= 4 is 13.7 Å². The standard InChI is InChI=1S/C40H83N2O6P/c1-6-8-10-12-14-15-16-17-18-19-20-21-22-23-24-25-26-28-29-31-33-39(43)38(37-48-49(45,46)47-36-35-42(3,4)5)41-40(44)34-32-30-27-13-11-9-7-2/h38-39,43H,6-37H2,1-5H3,(H-,41,44,45,46)/p+1. The molecule has 3 N–H and O–H groups in total. The van der Waals surface area contributed by atoms with E-state index in [1.165, 1.54) is 135 Å². The van der Waals surface area contributed by atoms with Crippen molar-refractivity contribution < 1.29 is 32.9 Å². The van der Waals surface area contributed by atoms with E-state index in [-0.39, 0.29) is 19.1 Å². The van der Waals surface area contributed by atoms with Gasteiger partial charge in [-0.3, -0.25) is 13.8 Å². The van der Waals surface area contributed by atoms with Crippen LogP contribution in [0.15, 0.2) is 0 Å². The van der Waals surface area contributed by atoms with E-state index in [1.54, 1.807) is 0 Å². The molecular formula is C40H84N2O6P+. The van der Waals surface area contributed by atoms with Gasteiger partial charge in [0.2, 0.25) is 5.91 Å².